The summed E-state index contributed by atoms with van der Waals surface area (Å²) in [7, 11) is 0. The summed E-state index contributed by atoms with van der Waals surface area (Å²) in [5.41, 5.74) is 1.41. The van der Waals surface area contributed by atoms with Gasteiger partial charge in [-0.05, 0) is 17.7 Å². The average Bonchev–Trinajstić information content (AvgIpc) is 3.21. The summed E-state index contributed by atoms with van der Waals surface area (Å²) < 4.78 is 6.98. The maximum Gasteiger partial charge on any atom is 0.167 e. The Balaban J connectivity index is 1.60. The third-order valence-corrected chi connectivity index (χ3v) is 4.57. The number of nitrogens with zero attached hydrogens (tertiary/aromatic N) is 4. The lowest BCUT2D eigenvalue weighted by Crippen LogP contribution is -2.33. The van der Waals surface area contributed by atoms with Crippen LogP contribution >= 0.6 is 0 Å². The Kier molecular flexibility index (Phi) is 4.73. The van der Waals surface area contributed by atoms with E-state index in [0.29, 0.717) is 22.5 Å². The number of ether oxygens (including phenoxy) is 1. The molecule has 11 nitrogen and oxygen atoms in total. The first-order chi connectivity index (χ1) is 13.5. The summed E-state index contributed by atoms with van der Waals surface area (Å²) in [6.07, 6.45) is -1.63. The van der Waals surface area contributed by atoms with Gasteiger partial charge in [-0.3, -0.25) is 4.57 Å². The predicted molar refractivity (Wildman–Crippen MR) is 95.4 cm³/mol. The number of aromatic nitrogens is 4. The van der Waals surface area contributed by atoms with Gasteiger partial charge in [-0.1, -0.05) is 0 Å². The average molecular weight is 389 g/mol. The van der Waals surface area contributed by atoms with E-state index in [4.69, 9.17) is 4.74 Å². The molecule has 3 aromatic rings. The number of hydrogen-bond donors (Lipinski definition) is 6. The zero-order valence-electron chi connectivity index (χ0n) is 14.5. The normalized spacial score (nSPS) is 24.7. The Labute approximate surface area is 158 Å². The van der Waals surface area contributed by atoms with Gasteiger partial charge in [0.25, 0.3) is 0 Å². The molecule has 1 unspecified atom stereocenters. The summed E-state index contributed by atoms with van der Waals surface area (Å²) in [5, 5.41) is 51.6. The third kappa shape index (κ3) is 3.20. The standard InChI is InChI=1S/C17H19N5O6/c23-5-11-13(26)14(27)17(28-11)22-7-21-12-15(19-6-20-16(12)22)18-4-8-1-9(24)3-10(25)2-8/h1-3,6-7,11,13-14,17,23-27H,4-5H2,(H,18,19,20)/t11-,13-,14-,17?/m1/s1. The van der Waals surface area contributed by atoms with E-state index in [1.807, 2.05) is 0 Å². The second-order valence-corrected chi connectivity index (χ2v) is 6.49. The van der Waals surface area contributed by atoms with Gasteiger partial charge in [-0.2, -0.15) is 0 Å². The number of rotatable bonds is 5. The van der Waals surface area contributed by atoms with Gasteiger partial charge in [0.1, 0.15) is 36.1 Å². The van der Waals surface area contributed by atoms with Crippen molar-refractivity contribution >= 4 is 17.0 Å². The van der Waals surface area contributed by atoms with Crippen LogP contribution in [0, 0.1) is 0 Å². The molecule has 0 spiro atoms. The number of anilines is 1. The second kappa shape index (κ2) is 7.20. The summed E-state index contributed by atoms with van der Waals surface area (Å²) in [6.45, 7) is -0.172. The van der Waals surface area contributed by atoms with Gasteiger partial charge in [-0.25, -0.2) is 15.0 Å². The highest BCUT2D eigenvalue weighted by atomic mass is 16.6. The van der Waals surface area contributed by atoms with Crippen molar-refractivity contribution < 1.29 is 30.3 Å². The van der Waals surface area contributed by atoms with Crippen molar-refractivity contribution in [3.8, 4) is 11.5 Å². The molecule has 4 atom stereocenters. The molecule has 0 saturated carbocycles. The van der Waals surface area contributed by atoms with E-state index in [2.05, 4.69) is 20.3 Å². The van der Waals surface area contributed by atoms with E-state index in [1.165, 1.54) is 35.4 Å². The molecular weight excluding hydrogens is 370 g/mol. The number of phenolic OH excluding ortho intramolecular Hbond substituents is 2. The fraction of sp³-hybridized carbons (Fsp3) is 0.353. The molecule has 1 aliphatic rings. The molecule has 2 aromatic heterocycles. The van der Waals surface area contributed by atoms with E-state index in [0.717, 1.165) is 0 Å². The van der Waals surface area contributed by atoms with Crippen LogP contribution in [0.15, 0.2) is 30.9 Å². The number of fused-ring (bicyclic) bond motifs is 1. The van der Waals surface area contributed by atoms with Crippen molar-refractivity contribution in [3.05, 3.63) is 36.4 Å². The first kappa shape index (κ1) is 18.4. The van der Waals surface area contributed by atoms with E-state index in [-0.39, 0.29) is 18.0 Å². The minimum absolute atomic E-state index is 0.0572. The van der Waals surface area contributed by atoms with Gasteiger partial charge >= 0.3 is 0 Å². The van der Waals surface area contributed by atoms with Crippen LogP contribution in [-0.4, -0.2) is 70.0 Å². The minimum Gasteiger partial charge on any atom is -0.508 e. The van der Waals surface area contributed by atoms with Crippen molar-refractivity contribution in [3.63, 3.8) is 0 Å². The van der Waals surface area contributed by atoms with Crippen LogP contribution in [0.25, 0.3) is 11.2 Å². The van der Waals surface area contributed by atoms with Crippen LogP contribution in [0.3, 0.4) is 0 Å². The molecule has 0 bridgehead atoms. The number of hydrogen-bond acceptors (Lipinski definition) is 10. The van der Waals surface area contributed by atoms with E-state index in [1.54, 1.807) is 0 Å². The molecule has 28 heavy (non-hydrogen) atoms. The number of aliphatic hydroxyl groups excluding tert-OH is 3. The molecular formula is C17H19N5O6. The van der Waals surface area contributed by atoms with Crippen molar-refractivity contribution in [2.24, 2.45) is 0 Å². The number of nitrogens with one attached hydrogen (secondary N) is 1. The van der Waals surface area contributed by atoms with Crippen LogP contribution < -0.4 is 5.32 Å². The fourth-order valence-electron chi connectivity index (χ4n) is 3.22. The highest BCUT2D eigenvalue weighted by Gasteiger charge is 2.44. The highest BCUT2D eigenvalue weighted by Crippen LogP contribution is 2.32. The quantitative estimate of drug-likeness (QED) is 0.334. The summed E-state index contributed by atoms with van der Waals surface area (Å²) in [4.78, 5) is 12.6. The zero-order chi connectivity index (χ0) is 19.8. The molecule has 148 valence electrons. The van der Waals surface area contributed by atoms with Gasteiger partial charge in [0.15, 0.2) is 23.2 Å². The molecule has 0 amide bonds. The lowest BCUT2D eigenvalue weighted by molar-refractivity contribution is -0.0511. The molecule has 1 aliphatic heterocycles. The molecule has 1 saturated heterocycles. The van der Waals surface area contributed by atoms with Crippen LogP contribution in [0.2, 0.25) is 0 Å². The summed E-state index contributed by atoms with van der Waals surface area (Å²) in [5.74, 6) is 0.287. The second-order valence-electron chi connectivity index (χ2n) is 6.49. The maximum atomic E-state index is 10.2. The molecule has 6 N–H and O–H groups in total. The highest BCUT2D eigenvalue weighted by molar-refractivity contribution is 5.82. The SMILES string of the molecule is OC[C@H]1OC(n2cnc3c(NCc4cc(O)cc(O)c4)ncnc32)[C@H](O)[C@@H]1O. The van der Waals surface area contributed by atoms with E-state index >= 15 is 0 Å². The van der Waals surface area contributed by atoms with Crippen molar-refractivity contribution in [2.75, 3.05) is 11.9 Å². The largest absolute Gasteiger partial charge is 0.508 e. The Bertz CT molecular complexity index is 975. The maximum absolute atomic E-state index is 10.2. The molecule has 1 aromatic carbocycles. The number of imidazole rings is 1. The van der Waals surface area contributed by atoms with Gasteiger partial charge < -0.3 is 35.6 Å². The zero-order valence-corrected chi connectivity index (χ0v) is 14.5. The Morgan fingerprint density at radius 3 is 2.46 bits per heavy atom. The monoisotopic (exact) mass is 389 g/mol. The van der Waals surface area contributed by atoms with Gasteiger partial charge in [0.2, 0.25) is 0 Å². The Morgan fingerprint density at radius 1 is 1.04 bits per heavy atom. The van der Waals surface area contributed by atoms with Crippen molar-refractivity contribution in [1.82, 2.24) is 19.5 Å². The lowest BCUT2D eigenvalue weighted by atomic mass is 10.1. The van der Waals surface area contributed by atoms with Crippen LogP contribution in [-0.2, 0) is 11.3 Å². The first-order valence-corrected chi connectivity index (χ1v) is 8.53. The number of aliphatic hydroxyl groups is 3. The topological polar surface area (TPSA) is 166 Å². The van der Waals surface area contributed by atoms with Gasteiger partial charge in [0.05, 0.1) is 12.9 Å². The predicted octanol–water partition coefficient (Wildman–Crippen LogP) is -0.539. The summed E-state index contributed by atoms with van der Waals surface area (Å²) >= 11 is 0. The molecule has 0 radical (unpaired) electrons. The number of benzene rings is 1. The number of aromatic hydroxyl groups is 2. The molecule has 4 rings (SSSR count). The smallest absolute Gasteiger partial charge is 0.167 e. The first-order valence-electron chi connectivity index (χ1n) is 8.53. The van der Waals surface area contributed by atoms with Crippen LogP contribution in [0.1, 0.15) is 11.8 Å². The van der Waals surface area contributed by atoms with Crippen LogP contribution in [0.5, 0.6) is 11.5 Å². The molecule has 11 heteroatoms. The summed E-state index contributed by atoms with van der Waals surface area (Å²) in [6, 6.07) is 4.24. The molecule has 1 fully saturated rings. The Morgan fingerprint density at radius 2 is 1.79 bits per heavy atom. The fourth-order valence-corrected chi connectivity index (χ4v) is 3.22. The number of phenols is 2. The van der Waals surface area contributed by atoms with Gasteiger partial charge in [-0.15, -0.1) is 0 Å². The molecule has 3 heterocycles. The van der Waals surface area contributed by atoms with E-state index in [9.17, 15) is 25.5 Å². The van der Waals surface area contributed by atoms with E-state index < -0.39 is 31.1 Å². The van der Waals surface area contributed by atoms with Gasteiger partial charge in [0, 0.05) is 12.6 Å². The molecule has 0 aliphatic carbocycles. The van der Waals surface area contributed by atoms with Crippen molar-refractivity contribution in [2.45, 2.75) is 31.1 Å². The minimum atomic E-state index is -1.25. The lowest BCUT2D eigenvalue weighted by Gasteiger charge is -2.16. The van der Waals surface area contributed by atoms with Crippen molar-refractivity contribution in [1.29, 1.82) is 0 Å². The Hall–Kier alpha value is -2.99. The third-order valence-electron chi connectivity index (χ3n) is 4.57. The van der Waals surface area contributed by atoms with Crippen LogP contribution in [0.4, 0.5) is 5.82 Å².